The molecular weight excluding hydrogens is 546 g/mol. The number of nitrogens with zero attached hydrogens (tertiary/aromatic N) is 5. The summed E-state index contributed by atoms with van der Waals surface area (Å²) in [4.78, 5) is 54.8. The van der Waals surface area contributed by atoms with Crippen molar-refractivity contribution in [3.8, 4) is 0 Å². The van der Waals surface area contributed by atoms with Gasteiger partial charge in [0.1, 0.15) is 17.4 Å². The van der Waals surface area contributed by atoms with E-state index < -0.39 is 11.9 Å². The molecule has 12 nitrogen and oxygen atoms in total. The van der Waals surface area contributed by atoms with Gasteiger partial charge in [-0.15, -0.1) is 0 Å². The van der Waals surface area contributed by atoms with E-state index in [1.807, 2.05) is 38.1 Å². The Hall–Kier alpha value is -4.84. The monoisotopic (exact) mass is 587 g/mol. The maximum Gasteiger partial charge on any atom is 0.260 e. The van der Waals surface area contributed by atoms with E-state index in [-0.39, 0.29) is 11.8 Å². The Kier molecular flexibility index (Phi) is 12.6. The molecule has 2 heterocycles. The van der Waals surface area contributed by atoms with Crippen LogP contribution in [0.5, 0.6) is 0 Å². The SMILES string of the molecule is CCCNc1nc(NCCc2ccncc2)ncc1C(=O)Nc1cccc(NC(=O)C(C)N(C)C(=O)/C=C/CN(C)C)c1. The number of aromatic nitrogens is 3. The lowest BCUT2D eigenvalue weighted by atomic mass is 10.2. The molecule has 0 saturated heterocycles. The number of nitrogens with one attached hydrogen (secondary N) is 4. The average molecular weight is 588 g/mol. The van der Waals surface area contributed by atoms with Gasteiger partial charge in [0.25, 0.3) is 5.91 Å². The van der Waals surface area contributed by atoms with Crippen molar-refractivity contribution < 1.29 is 14.4 Å². The third kappa shape index (κ3) is 10.5. The van der Waals surface area contributed by atoms with E-state index in [0.29, 0.717) is 48.3 Å². The molecule has 3 rings (SSSR count). The quantitative estimate of drug-likeness (QED) is 0.196. The molecule has 0 aliphatic rings. The number of pyridine rings is 1. The Morgan fingerprint density at radius 1 is 0.977 bits per heavy atom. The van der Waals surface area contributed by atoms with Crippen molar-refractivity contribution >= 4 is 40.9 Å². The Labute approximate surface area is 253 Å². The van der Waals surface area contributed by atoms with Crippen molar-refractivity contribution in [1.82, 2.24) is 24.8 Å². The second kappa shape index (κ2) is 16.6. The number of amides is 3. The van der Waals surface area contributed by atoms with Crippen molar-refractivity contribution in [3.63, 3.8) is 0 Å². The van der Waals surface area contributed by atoms with Gasteiger partial charge in [0.15, 0.2) is 0 Å². The molecule has 0 saturated carbocycles. The topological polar surface area (TPSA) is 144 Å². The minimum Gasteiger partial charge on any atom is -0.369 e. The molecule has 3 aromatic rings. The molecular formula is C31H41N9O3. The van der Waals surface area contributed by atoms with Crippen LogP contribution in [0.1, 0.15) is 36.2 Å². The number of hydrogen-bond donors (Lipinski definition) is 4. The smallest absolute Gasteiger partial charge is 0.260 e. The minimum atomic E-state index is -0.712. The summed E-state index contributed by atoms with van der Waals surface area (Å²) in [6, 6.07) is 10.00. The maximum atomic E-state index is 13.2. The molecule has 0 aliphatic carbocycles. The van der Waals surface area contributed by atoms with Gasteiger partial charge in [-0.2, -0.15) is 4.98 Å². The van der Waals surface area contributed by atoms with Crippen LogP contribution in [-0.2, 0) is 16.0 Å². The molecule has 1 unspecified atom stereocenters. The van der Waals surface area contributed by atoms with Crippen LogP contribution < -0.4 is 21.3 Å². The Balaban J connectivity index is 1.63. The highest BCUT2D eigenvalue weighted by molar-refractivity contribution is 6.07. The van der Waals surface area contributed by atoms with Gasteiger partial charge >= 0.3 is 0 Å². The molecule has 3 amide bonds. The summed E-state index contributed by atoms with van der Waals surface area (Å²) in [7, 11) is 5.39. The fourth-order valence-corrected chi connectivity index (χ4v) is 3.85. The molecule has 4 N–H and O–H groups in total. The largest absolute Gasteiger partial charge is 0.369 e. The van der Waals surface area contributed by atoms with Crippen LogP contribution in [0, 0.1) is 0 Å². The summed E-state index contributed by atoms with van der Waals surface area (Å²) in [5, 5.41) is 12.1. The van der Waals surface area contributed by atoms with Gasteiger partial charge in [-0.05, 0) is 69.8 Å². The number of carbonyl (C=O) groups excluding carboxylic acids is 3. The van der Waals surface area contributed by atoms with Gasteiger partial charge in [-0.3, -0.25) is 19.4 Å². The number of likely N-dealkylation sites (N-methyl/N-ethyl adjacent to an activating group) is 2. The predicted molar refractivity (Wildman–Crippen MR) is 170 cm³/mol. The van der Waals surface area contributed by atoms with Gasteiger partial charge in [-0.25, -0.2) is 4.98 Å². The molecule has 228 valence electrons. The molecule has 0 aliphatic heterocycles. The van der Waals surface area contributed by atoms with Gasteiger partial charge in [-0.1, -0.05) is 19.1 Å². The Morgan fingerprint density at radius 2 is 1.70 bits per heavy atom. The third-order valence-corrected chi connectivity index (χ3v) is 6.45. The lowest BCUT2D eigenvalue weighted by Gasteiger charge is -2.23. The maximum absolute atomic E-state index is 13.2. The molecule has 2 aromatic heterocycles. The number of carbonyl (C=O) groups is 3. The van der Waals surface area contributed by atoms with E-state index in [2.05, 4.69) is 36.2 Å². The summed E-state index contributed by atoms with van der Waals surface area (Å²) in [6.45, 7) is 5.56. The van der Waals surface area contributed by atoms with Crippen LogP contribution in [0.25, 0.3) is 0 Å². The molecule has 12 heteroatoms. The van der Waals surface area contributed by atoms with Crippen LogP contribution in [0.15, 0.2) is 67.1 Å². The third-order valence-electron chi connectivity index (χ3n) is 6.45. The zero-order valence-corrected chi connectivity index (χ0v) is 25.4. The summed E-state index contributed by atoms with van der Waals surface area (Å²) >= 11 is 0. The van der Waals surface area contributed by atoms with E-state index >= 15 is 0 Å². The summed E-state index contributed by atoms with van der Waals surface area (Å²) in [5.41, 5.74) is 2.39. The predicted octanol–water partition coefficient (Wildman–Crippen LogP) is 3.50. The second-order valence-corrected chi connectivity index (χ2v) is 10.2. The standard InChI is InChI=1S/C31H41N9O3/c1-6-15-33-28-26(21-35-31(38-28)34-18-14-23-12-16-32-17-13-23)30(43)37-25-10-7-9-24(20-25)36-29(42)22(2)40(5)27(41)11-8-19-39(3)4/h7-13,16-17,20-22H,6,14-15,18-19H2,1-5H3,(H,36,42)(H,37,43)(H2,33,34,35,38)/b11-8+. The molecule has 0 bridgehead atoms. The van der Waals surface area contributed by atoms with E-state index in [1.54, 1.807) is 56.7 Å². The van der Waals surface area contributed by atoms with E-state index in [1.165, 1.54) is 17.2 Å². The van der Waals surface area contributed by atoms with Crippen LogP contribution in [0.2, 0.25) is 0 Å². The molecule has 1 atom stereocenters. The zero-order chi connectivity index (χ0) is 31.2. The van der Waals surface area contributed by atoms with E-state index in [9.17, 15) is 14.4 Å². The summed E-state index contributed by atoms with van der Waals surface area (Å²) in [6.07, 6.45) is 9.83. The van der Waals surface area contributed by atoms with Crippen molar-refractivity contribution in [2.75, 3.05) is 62.0 Å². The van der Waals surface area contributed by atoms with Crippen molar-refractivity contribution in [2.45, 2.75) is 32.7 Å². The van der Waals surface area contributed by atoms with Gasteiger partial charge < -0.3 is 31.1 Å². The van der Waals surface area contributed by atoms with Gasteiger partial charge in [0.2, 0.25) is 17.8 Å². The molecule has 0 radical (unpaired) electrons. The Morgan fingerprint density at radius 3 is 2.40 bits per heavy atom. The first-order chi connectivity index (χ1) is 20.7. The highest BCUT2D eigenvalue weighted by Gasteiger charge is 2.21. The minimum absolute atomic E-state index is 0.268. The lowest BCUT2D eigenvalue weighted by molar-refractivity contribution is -0.132. The molecule has 0 spiro atoms. The fraction of sp³-hybridized carbons (Fsp3) is 0.355. The van der Waals surface area contributed by atoms with Crippen molar-refractivity contribution in [1.29, 1.82) is 0 Å². The second-order valence-electron chi connectivity index (χ2n) is 10.2. The molecule has 0 fully saturated rings. The fourth-order valence-electron chi connectivity index (χ4n) is 3.85. The first-order valence-corrected chi connectivity index (χ1v) is 14.2. The van der Waals surface area contributed by atoms with Crippen molar-refractivity contribution in [3.05, 3.63) is 78.3 Å². The molecule has 43 heavy (non-hydrogen) atoms. The average Bonchev–Trinajstić information content (AvgIpc) is 2.99. The first-order valence-electron chi connectivity index (χ1n) is 14.2. The van der Waals surface area contributed by atoms with Crippen LogP contribution in [0.3, 0.4) is 0 Å². The van der Waals surface area contributed by atoms with Gasteiger partial charge in [0.05, 0.1) is 0 Å². The lowest BCUT2D eigenvalue weighted by Crippen LogP contribution is -2.42. The number of benzene rings is 1. The van der Waals surface area contributed by atoms with Crippen LogP contribution >= 0.6 is 0 Å². The van der Waals surface area contributed by atoms with Crippen LogP contribution in [-0.4, -0.2) is 89.3 Å². The highest BCUT2D eigenvalue weighted by atomic mass is 16.2. The van der Waals surface area contributed by atoms with E-state index in [0.717, 1.165) is 18.4 Å². The first kappa shape index (κ1) is 32.7. The van der Waals surface area contributed by atoms with Gasteiger partial charge in [0, 0.05) is 62.7 Å². The number of rotatable bonds is 15. The summed E-state index contributed by atoms with van der Waals surface area (Å²) < 4.78 is 0. The zero-order valence-electron chi connectivity index (χ0n) is 25.4. The van der Waals surface area contributed by atoms with E-state index in [4.69, 9.17) is 0 Å². The number of hydrogen-bond acceptors (Lipinski definition) is 9. The Bertz CT molecular complexity index is 1400. The number of anilines is 4. The highest BCUT2D eigenvalue weighted by Crippen LogP contribution is 2.20. The van der Waals surface area contributed by atoms with Crippen molar-refractivity contribution in [2.24, 2.45) is 0 Å². The summed E-state index contributed by atoms with van der Waals surface area (Å²) in [5.74, 6) is -0.179. The van der Waals surface area contributed by atoms with Crippen LogP contribution in [0.4, 0.5) is 23.1 Å². The normalized spacial score (nSPS) is 11.7. The molecule has 1 aromatic carbocycles.